The van der Waals surface area contributed by atoms with Crippen molar-refractivity contribution in [1.29, 1.82) is 0 Å². The van der Waals surface area contributed by atoms with Gasteiger partial charge in [0.15, 0.2) is 0 Å². The number of rotatable bonds is 1. The second-order valence-corrected chi connectivity index (χ2v) is 3.23. The highest BCUT2D eigenvalue weighted by atomic mass is 19.4. The van der Waals surface area contributed by atoms with Crippen molar-refractivity contribution in [3.8, 4) is 11.3 Å². The molecule has 17 heavy (non-hydrogen) atoms. The third kappa shape index (κ3) is 2.49. The Labute approximate surface area is 94.3 Å². The van der Waals surface area contributed by atoms with E-state index in [9.17, 15) is 13.2 Å². The van der Waals surface area contributed by atoms with E-state index in [0.29, 0.717) is 11.3 Å². The minimum Gasteiger partial charge on any atom is -0.368 e. The molecule has 0 bridgehead atoms. The zero-order chi connectivity index (χ0) is 12.5. The Morgan fingerprint density at radius 2 is 1.82 bits per heavy atom. The quantitative estimate of drug-likeness (QED) is 0.829. The average molecular weight is 240 g/mol. The molecule has 0 aliphatic rings. The van der Waals surface area contributed by atoms with Crippen LogP contribution >= 0.6 is 0 Å². The predicted octanol–water partition coefficient (Wildman–Crippen LogP) is 2.14. The van der Waals surface area contributed by atoms with Gasteiger partial charge in [0.25, 0.3) is 0 Å². The van der Waals surface area contributed by atoms with Crippen LogP contribution in [0, 0.1) is 0 Å². The molecule has 0 aliphatic heterocycles. The lowest BCUT2D eigenvalue weighted by atomic mass is 10.2. The lowest BCUT2D eigenvalue weighted by molar-refractivity contribution is -0.141. The number of hydrogen-bond acceptors (Lipinski definition) is 4. The van der Waals surface area contributed by atoms with Crippen molar-refractivity contribution in [3.63, 3.8) is 0 Å². The lowest BCUT2D eigenvalue weighted by Crippen LogP contribution is -2.07. The van der Waals surface area contributed by atoms with Gasteiger partial charge < -0.3 is 5.73 Å². The number of nitrogen functional groups attached to an aromatic ring is 1. The normalized spacial score (nSPS) is 11.5. The largest absolute Gasteiger partial charge is 0.433 e. The predicted molar refractivity (Wildman–Crippen MR) is 54.7 cm³/mol. The molecule has 2 rings (SSSR count). The van der Waals surface area contributed by atoms with Crippen molar-refractivity contribution in [2.45, 2.75) is 6.18 Å². The highest BCUT2D eigenvalue weighted by molar-refractivity contribution is 5.58. The number of nitrogens with zero attached hydrogens (tertiary/aromatic N) is 3. The number of hydrogen-bond donors (Lipinski definition) is 1. The summed E-state index contributed by atoms with van der Waals surface area (Å²) in [5.41, 5.74) is 5.31. The minimum absolute atomic E-state index is 0.0578. The van der Waals surface area contributed by atoms with Gasteiger partial charge in [-0.15, -0.1) is 0 Å². The molecular weight excluding hydrogens is 233 g/mol. The Bertz CT molecular complexity index is 522. The molecule has 0 aromatic carbocycles. The first kappa shape index (κ1) is 11.3. The van der Waals surface area contributed by atoms with E-state index < -0.39 is 11.9 Å². The molecule has 2 aromatic rings. The Morgan fingerprint density at radius 1 is 1.06 bits per heavy atom. The number of nitrogens with two attached hydrogens (primary N) is 1. The topological polar surface area (TPSA) is 64.7 Å². The van der Waals surface area contributed by atoms with Crippen molar-refractivity contribution in [3.05, 3.63) is 36.3 Å². The van der Waals surface area contributed by atoms with Gasteiger partial charge in [-0.2, -0.15) is 13.2 Å². The smallest absolute Gasteiger partial charge is 0.368 e. The van der Waals surface area contributed by atoms with Gasteiger partial charge in [-0.05, 0) is 18.2 Å². The van der Waals surface area contributed by atoms with E-state index in [-0.39, 0.29) is 5.95 Å². The van der Waals surface area contributed by atoms with Crippen molar-refractivity contribution >= 4 is 5.95 Å². The fourth-order valence-electron chi connectivity index (χ4n) is 1.25. The molecule has 7 heteroatoms. The van der Waals surface area contributed by atoms with Crippen LogP contribution in [0.2, 0.25) is 0 Å². The van der Waals surface area contributed by atoms with E-state index in [1.807, 2.05) is 0 Å². The van der Waals surface area contributed by atoms with Crippen LogP contribution in [0.4, 0.5) is 19.1 Å². The van der Waals surface area contributed by atoms with Gasteiger partial charge in [-0.3, -0.25) is 4.98 Å². The summed E-state index contributed by atoms with van der Waals surface area (Å²) in [6, 6.07) is 3.73. The standard InChI is InChI=1S/C10H7F3N4/c11-10(12,13)8-2-1-6(5-16-8)7-3-4-15-9(14)17-7/h1-5H,(H2,14,15,17). The Kier molecular flexibility index (Phi) is 2.66. The molecule has 0 aliphatic carbocycles. The van der Waals surface area contributed by atoms with Crippen molar-refractivity contribution in [2.75, 3.05) is 5.73 Å². The molecule has 0 saturated heterocycles. The highest BCUT2D eigenvalue weighted by Crippen LogP contribution is 2.28. The van der Waals surface area contributed by atoms with Gasteiger partial charge in [-0.1, -0.05) is 0 Å². The zero-order valence-corrected chi connectivity index (χ0v) is 8.44. The highest BCUT2D eigenvalue weighted by Gasteiger charge is 2.32. The van der Waals surface area contributed by atoms with Crippen LogP contribution < -0.4 is 5.73 Å². The molecule has 0 unspecified atom stereocenters. The van der Waals surface area contributed by atoms with E-state index in [1.54, 1.807) is 6.07 Å². The van der Waals surface area contributed by atoms with Crippen LogP contribution in [0.15, 0.2) is 30.6 Å². The molecule has 2 N–H and O–H groups in total. The van der Waals surface area contributed by atoms with E-state index >= 15 is 0 Å². The van der Waals surface area contributed by atoms with Crippen molar-refractivity contribution in [1.82, 2.24) is 15.0 Å². The van der Waals surface area contributed by atoms with E-state index in [4.69, 9.17) is 5.73 Å². The molecule has 0 atom stereocenters. The van der Waals surface area contributed by atoms with Crippen LogP contribution in [-0.4, -0.2) is 15.0 Å². The summed E-state index contributed by atoms with van der Waals surface area (Å²) in [6.07, 6.45) is -1.91. The monoisotopic (exact) mass is 240 g/mol. The molecule has 0 saturated carbocycles. The van der Waals surface area contributed by atoms with E-state index in [0.717, 1.165) is 12.3 Å². The van der Waals surface area contributed by atoms with Gasteiger partial charge in [0, 0.05) is 18.0 Å². The second-order valence-electron chi connectivity index (χ2n) is 3.23. The maximum atomic E-state index is 12.3. The fourth-order valence-corrected chi connectivity index (χ4v) is 1.25. The van der Waals surface area contributed by atoms with Crippen molar-refractivity contribution < 1.29 is 13.2 Å². The summed E-state index contributed by atoms with van der Waals surface area (Å²) in [5.74, 6) is 0.0578. The number of aromatic nitrogens is 3. The van der Waals surface area contributed by atoms with Crippen molar-refractivity contribution in [2.24, 2.45) is 0 Å². The SMILES string of the molecule is Nc1nccc(-c2ccc(C(F)(F)F)nc2)n1. The van der Waals surface area contributed by atoms with Gasteiger partial charge in [-0.25, -0.2) is 9.97 Å². The third-order valence-electron chi connectivity index (χ3n) is 2.02. The number of halogens is 3. The van der Waals surface area contributed by atoms with Crippen LogP contribution in [0.3, 0.4) is 0 Å². The maximum Gasteiger partial charge on any atom is 0.433 e. The molecule has 0 amide bonds. The Balaban J connectivity index is 2.36. The summed E-state index contributed by atoms with van der Waals surface area (Å²) in [7, 11) is 0. The summed E-state index contributed by atoms with van der Waals surface area (Å²) in [6.45, 7) is 0. The van der Waals surface area contributed by atoms with Gasteiger partial charge in [0.1, 0.15) is 5.69 Å². The molecule has 88 valence electrons. The molecule has 0 spiro atoms. The van der Waals surface area contributed by atoms with Gasteiger partial charge >= 0.3 is 6.18 Å². The summed E-state index contributed by atoms with van der Waals surface area (Å²) in [5, 5.41) is 0. The number of alkyl halides is 3. The van der Waals surface area contributed by atoms with E-state index in [1.165, 1.54) is 12.3 Å². The van der Waals surface area contributed by atoms with Crippen LogP contribution in [0.5, 0.6) is 0 Å². The molecule has 2 aromatic heterocycles. The fraction of sp³-hybridized carbons (Fsp3) is 0.100. The van der Waals surface area contributed by atoms with Crippen LogP contribution in [-0.2, 0) is 6.18 Å². The number of pyridine rings is 1. The Hall–Kier alpha value is -2.18. The zero-order valence-electron chi connectivity index (χ0n) is 8.44. The third-order valence-corrected chi connectivity index (χ3v) is 2.02. The molecule has 0 fully saturated rings. The van der Waals surface area contributed by atoms with E-state index in [2.05, 4.69) is 15.0 Å². The first-order valence-corrected chi connectivity index (χ1v) is 4.59. The van der Waals surface area contributed by atoms with Crippen LogP contribution in [0.1, 0.15) is 5.69 Å². The molecule has 0 radical (unpaired) electrons. The summed E-state index contributed by atoms with van der Waals surface area (Å²) >= 11 is 0. The minimum atomic E-state index is -4.44. The molecule has 4 nitrogen and oxygen atoms in total. The maximum absolute atomic E-state index is 12.3. The van der Waals surface area contributed by atoms with Crippen LogP contribution in [0.25, 0.3) is 11.3 Å². The second kappa shape index (κ2) is 4.00. The first-order valence-electron chi connectivity index (χ1n) is 4.59. The summed E-state index contributed by atoms with van der Waals surface area (Å²) in [4.78, 5) is 10.9. The number of anilines is 1. The Morgan fingerprint density at radius 3 is 2.35 bits per heavy atom. The summed E-state index contributed by atoms with van der Waals surface area (Å²) < 4.78 is 36.8. The van der Waals surface area contributed by atoms with Gasteiger partial charge in [0.05, 0.1) is 5.69 Å². The average Bonchev–Trinajstić information content (AvgIpc) is 2.28. The molecule has 2 heterocycles. The lowest BCUT2D eigenvalue weighted by Gasteiger charge is -2.06. The molecular formula is C10H7F3N4. The van der Waals surface area contributed by atoms with Gasteiger partial charge in [0.2, 0.25) is 5.95 Å². The first-order chi connectivity index (χ1) is 7.97.